The van der Waals surface area contributed by atoms with E-state index in [0.29, 0.717) is 16.6 Å². The van der Waals surface area contributed by atoms with Gasteiger partial charge >= 0.3 is 5.97 Å². The molecule has 0 unspecified atom stereocenters. The molecule has 0 radical (unpaired) electrons. The summed E-state index contributed by atoms with van der Waals surface area (Å²) >= 11 is 1.18. The van der Waals surface area contributed by atoms with Gasteiger partial charge in [-0.05, 0) is 26.2 Å². The highest BCUT2D eigenvalue weighted by molar-refractivity contribution is 7.19. The average molecular weight is 297 g/mol. The van der Waals surface area contributed by atoms with E-state index >= 15 is 0 Å². The van der Waals surface area contributed by atoms with Gasteiger partial charge in [-0.15, -0.1) is 11.3 Å². The van der Waals surface area contributed by atoms with Crippen molar-refractivity contribution in [1.82, 2.24) is 5.32 Å². The molecule has 20 heavy (non-hydrogen) atoms. The predicted octanol–water partition coefficient (Wildman–Crippen LogP) is 1.83. The number of thiophene rings is 1. The molecular formula is C13H19N3O3S. The molecule has 110 valence electrons. The number of carbonyl (C=O) groups is 2. The van der Waals surface area contributed by atoms with Crippen LogP contribution in [0.15, 0.2) is 0 Å². The highest BCUT2D eigenvalue weighted by atomic mass is 32.1. The molecule has 0 saturated heterocycles. The first-order valence-electron chi connectivity index (χ1n) is 6.66. The zero-order valence-electron chi connectivity index (χ0n) is 11.6. The summed E-state index contributed by atoms with van der Waals surface area (Å²) < 4.78 is 4.97. The number of rotatable bonds is 5. The minimum absolute atomic E-state index is 0.189. The molecule has 0 atom stereocenters. The third kappa shape index (κ3) is 2.72. The Kier molecular flexibility index (Phi) is 4.49. The fraction of sp³-hybridized carbons (Fsp3) is 0.538. The standard InChI is InChI=1S/C13H19N3O3S/c1-3-19-13(18)10-9(14)8(11(17)15-2)12(20-10)16-7-5-4-6-7/h7,16H,3-6,14H2,1-2H3,(H,15,17). The van der Waals surface area contributed by atoms with Crippen LogP contribution in [0.1, 0.15) is 46.2 Å². The molecule has 7 heteroatoms. The van der Waals surface area contributed by atoms with Gasteiger partial charge in [0.2, 0.25) is 0 Å². The van der Waals surface area contributed by atoms with E-state index in [0.717, 1.165) is 12.8 Å². The van der Waals surface area contributed by atoms with Crippen LogP contribution in [0, 0.1) is 0 Å². The Labute approximate surface area is 121 Å². The van der Waals surface area contributed by atoms with E-state index in [9.17, 15) is 9.59 Å². The van der Waals surface area contributed by atoms with Crippen molar-refractivity contribution in [2.24, 2.45) is 0 Å². The highest BCUT2D eigenvalue weighted by Crippen LogP contribution is 2.38. The summed E-state index contributed by atoms with van der Waals surface area (Å²) in [5.74, 6) is -0.780. The van der Waals surface area contributed by atoms with E-state index < -0.39 is 5.97 Å². The minimum atomic E-state index is -0.484. The van der Waals surface area contributed by atoms with Crippen LogP contribution in [-0.4, -0.2) is 31.6 Å². The molecule has 1 aliphatic carbocycles. The molecule has 0 bridgehead atoms. The lowest BCUT2D eigenvalue weighted by molar-refractivity contribution is 0.0533. The summed E-state index contributed by atoms with van der Waals surface area (Å²) in [7, 11) is 1.54. The van der Waals surface area contributed by atoms with Gasteiger partial charge in [-0.3, -0.25) is 4.79 Å². The topological polar surface area (TPSA) is 93.4 Å². The van der Waals surface area contributed by atoms with E-state index in [2.05, 4.69) is 10.6 Å². The minimum Gasteiger partial charge on any atom is -0.462 e. The van der Waals surface area contributed by atoms with Gasteiger partial charge < -0.3 is 21.1 Å². The molecule has 1 saturated carbocycles. The van der Waals surface area contributed by atoms with Crippen LogP contribution in [0.5, 0.6) is 0 Å². The Morgan fingerprint density at radius 3 is 2.65 bits per heavy atom. The number of hydrogen-bond acceptors (Lipinski definition) is 6. The van der Waals surface area contributed by atoms with Crippen LogP contribution in [0.4, 0.5) is 10.7 Å². The Morgan fingerprint density at radius 1 is 1.45 bits per heavy atom. The molecule has 1 aromatic rings. The normalized spacial score (nSPS) is 14.5. The molecule has 2 rings (SSSR count). The molecular weight excluding hydrogens is 278 g/mol. The smallest absolute Gasteiger partial charge is 0.350 e. The van der Waals surface area contributed by atoms with Gasteiger partial charge in [0.05, 0.1) is 17.9 Å². The first-order chi connectivity index (χ1) is 9.58. The number of carbonyl (C=O) groups excluding carboxylic acids is 2. The third-order valence-electron chi connectivity index (χ3n) is 3.30. The van der Waals surface area contributed by atoms with Crippen molar-refractivity contribution in [3.05, 3.63) is 10.4 Å². The van der Waals surface area contributed by atoms with Gasteiger partial charge in [0.25, 0.3) is 5.91 Å². The molecule has 0 aliphatic heterocycles. The van der Waals surface area contributed by atoms with E-state index in [4.69, 9.17) is 10.5 Å². The van der Waals surface area contributed by atoms with E-state index in [1.165, 1.54) is 24.8 Å². The third-order valence-corrected chi connectivity index (χ3v) is 4.42. The molecule has 1 aromatic heterocycles. The monoisotopic (exact) mass is 297 g/mol. The van der Waals surface area contributed by atoms with Gasteiger partial charge in [-0.1, -0.05) is 0 Å². The van der Waals surface area contributed by atoms with Crippen molar-refractivity contribution < 1.29 is 14.3 Å². The molecule has 4 N–H and O–H groups in total. The second-order valence-electron chi connectivity index (χ2n) is 4.62. The summed E-state index contributed by atoms with van der Waals surface area (Å²) in [5, 5.41) is 6.49. The number of nitrogens with two attached hydrogens (primary N) is 1. The van der Waals surface area contributed by atoms with Gasteiger partial charge in [-0.2, -0.15) is 0 Å². The zero-order valence-corrected chi connectivity index (χ0v) is 12.4. The summed E-state index contributed by atoms with van der Waals surface area (Å²) in [6.07, 6.45) is 3.32. The van der Waals surface area contributed by atoms with Crippen molar-refractivity contribution in [2.75, 3.05) is 24.7 Å². The SMILES string of the molecule is CCOC(=O)c1sc(NC2CCC2)c(C(=O)NC)c1N. The molecule has 0 spiro atoms. The summed E-state index contributed by atoms with van der Waals surface area (Å²) in [6.45, 7) is 2.01. The Balaban J connectivity index is 2.34. The van der Waals surface area contributed by atoms with Crippen LogP contribution in [0.2, 0.25) is 0 Å². The zero-order chi connectivity index (χ0) is 14.7. The predicted molar refractivity (Wildman–Crippen MR) is 79.3 cm³/mol. The maximum absolute atomic E-state index is 12.0. The number of ether oxygens (including phenoxy) is 1. The van der Waals surface area contributed by atoms with Gasteiger partial charge in [0, 0.05) is 13.1 Å². The summed E-state index contributed by atoms with van der Waals surface area (Å²) in [5.41, 5.74) is 6.49. The second-order valence-corrected chi connectivity index (χ2v) is 5.64. The molecule has 6 nitrogen and oxygen atoms in total. The van der Waals surface area contributed by atoms with Crippen molar-refractivity contribution >= 4 is 33.9 Å². The Hall–Kier alpha value is -1.76. The van der Waals surface area contributed by atoms with Crippen LogP contribution in [0.25, 0.3) is 0 Å². The maximum Gasteiger partial charge on any atom is 0.350 e. The number of nitrogen functional groups attached to an aromatic ring is 1. The van der Waals surface area contributed by atoms with E-state index in [1.54, 1.807) is 6.92 Å². The van der Waals surface area contributed by atoms with E-state index in [1.807, 2.05) is 0 Å². The number of nitrogens with one attached hydrogen (secondary N) is 2. The lowest BCUT2D eigenvalue weighted by atomic mass is 9.93. The van der Waals surface area contributed by atoms with Gasteiger partial charge in [-0.25, -0.2) is 4.79 Å². The summed E-state index contributed by atoms with van der Waals surface area (Å²) in [6, 6.07) is 0.353. The lowest BCUT2D eigenvalue weighted by Gasteiger charge is -2.27. The second kappa shape index (κ2) is 6.13. The molecule has 0 aromatic carbocycles. The van der Waals surface area contributed by atoms with Crippen LogP contribution < -0.4 is 16.4 Å². The molecule has 1 fully saturated rings. The Morgan fingerprint density at radius 2 is 2.15 bits per heavy atom. The fourth-order valence-electron chi connectivity index (χ4n) is 1.98. The molecule has 1 heterocycles. The number of hydrogen-bond donors (Lipinski definition) is 3. The largest absolute Gasteiger partial charge is 0.462 e. The quantitative estimate of drug-likeness (QED) is 0.721. The highest BCUT2D eigenvalue weighted by Gasteiger charge is 2.28. The van der Waals surface area contributed by atoms with Crippen molar-refractivity contribution in [2.45, 2.75) is 32.2 Å². The fourth-order valence-corrected chi connectivity index (χ4v) is 3.07. The maximum atomic E-state index is 12.0. The lowest BCUT2D eigenvalue weighted by Crippen LogP contribution is -2.28. The van der Waals surface area contributed by atoms with Crippen molar-refractivity contribution in [1.29, 1.82) is 0 Å². The summed E-state index contributed by atoms with van der Waals surface area (Å²) in [4.78, 5) is 24.1. The number of anilines is 2. The first kappa shape index (κ1) is 14.6. The van der Waals surface area contributed by atoms with Crippen LogP contribution in [0.3, 0.4) is 0 Å². The first-order valence-corrected chi connectivity index (χ1v) is 7.48. The Bertz CT molecular complexity index is 523. The van der Waals surface area contributed by atoms with E-state index in [-0.39, 0.29) is 23.1 Å². The molecule has 1 amide bonds. The van der Waals surface area contributed by atoms with Crippen LogP contribution in [-0.2, 0) is 4.74 Å². The molecule has 1 aliphatic rings. The van der Waals surface area contributed by atoms with Crippen LogP contribution >= 0.6 is 11.3 Å². The van der Waals surface area contributed by atoms with Crippen molar-refractivity contribution in [3.63, 3.8) is 0 Å². The van der Waals surface area contributed by atoms with Crippen molar-refractivity contribution in [3.8, 4) is 0 Å². The van der Waals surface area contributed by atoms with Gasteiger partial charge in [0.1, 0.15) is 9.88 Å². The number of esters is 1. The number of amides is 1. The van der Waals surface area contributed by atoms with Gasteiger partial charge in [0.15, 0.2) is 0 Å². The average Bonchev–Trinajstić information content (AvgIpc) is 2.70.